The van der Waals surface area contributed by atoms with Gasteiger partial charge in [-0.2, -0.15) is 6.42 Å². The van der Waals surface area contributed by atoms with Crippen molar-refractivity contribution < 1.29 is 0 Å². The van der Waals surface area contributed by atoms with Crippen LogP contribution in [0, 0.1) is 13.8 Å². The molecule has 0 aromatic carbocycles. The molecule has 0 saturated carbocycles. The zero-order valence-corrected chi connectivity index (χ0v) is 4.04. The van der Waals surface area contributed by atoms with Gasteiger partial charge in [-0.1, -0.05) is 12.2 Å². The fraction of sp³-hybridized carbons (Fsp3) is 0.333. The van der Waals surface area contributed by atoms with Gasteiger partial charge in [-0.3, -0.25) is 0 Å². The molecular formula is C6H10. The Morgan fingerprint density at radius 1 is 1.83 bits per heavy atom. The van der Waals surface area contributed by atoms with Crippen molar-refractivity contribution in [3.8, 4) is 0 Å². The second kappa shape index (κ2) is 2.83. The van der Waals surface area contributed by atoms with Crippen molar-refractivity contribution in [2.24, 2.45) is 0 Å². The van der Waals surface area contributed by atoms with E-state index in [2.05, 4.69) is 20.4 Å². The summed E-state index contributed by atoms with van der Waals surface area (Å²) in [7, 11) is 0. The molecular weight excluding hydrogens is 72.1 g/mol. The van der Waals surface area contributed by atoms with Crippen LogP contribution in [0.15, 0.2) is 12.2 Å². The zero-order valence-electron chi connectivity index (χ0n) is 4.04. The van der Waals surface area contributed by atoms with E-state index in [0.29, 0.717) is 0 Å². The van der Waals surface area contributed by atoms with Crippen molar-refractivity contribution in [3.63, 3.8) is 0 Å². The summed E-state index contributed by atoms with van der Waals surface area (Å²) < 4.78 is 0. The fourth-order valence-corrected chi connectivity index (χ4v) is 0.125. The summed E-state index contributed by atoms with van der Waals surface area (Å²) in [5.41, 5.74) is 1.12. The largest absolute Gasteiger partial charge is 0.339 e. The Morgan fingerprint density at radius 3 is 2.33 bits per heavy atom. The molecule has 0 radical (unpaired) electrons. The first-order chi connectivity index (χ1) is 2.81. The van der Waals surface area contributed by atoms with E-state index in [-0.39, 0.29) is 0 Å². The molecule has 0 amide bonds. The number of allylic oxidation sites excluding steroid dienone is 1. The van der Waals surface area contributed by atoms with Crippen molar-refractivity contribution in [2.45, 2.75) is 12.8 Å². The topological polar surface area (TPSA) is 0 Å². The second-order valence-corrected chi connectivity index (χ2v) is 1.25. The minimum Gasteiger partial charge on any atom is -0.339 e. The molecule has 0 heteroatoms. The minimum atomic E-state index is 0.823. The van der Waals surface area contributed by atoms with Gasteiger partial charge < -0.3 is 6.92 Å². The van der Waals surface area contributed by atoms with Gasteiger partial charge in [-0.05, 0) is 0 Å². The molecule has 0 nitrogen and oxygen atoms in total. The maximum absolute atomic E-state index is 3.67. The molecule has 0 heterocycles. The molecule has 0 aliphatic rings. The SMILES string of the molecule is C=C(C[CH2+])C[CH2-]. The quantitative estimate of drug-likeness (QED) is 0.353. The van der Waals surface area contributed by atoms with Gasteiger partial charge in [0.25, 0.3) is 0 Å². The molecule has 0 atom stereocenters. The predicted molar refractivity (Wildman–Crippen MR) is 29.1 cm³/mol. The maximum atomic E-state index is 3.67. The third kappa shape index (κ3) is 1.89. The smallest absolute Gasteiger partial charge is 0.103 e. The highest BCUT2D eigenvalue weighted by atomic mass is 13.8. The normalized spacial score (nSPS) is 8.17. The van der Waals surface area contributed by atoms with Crippen LogP contribution in [0.5, 0.6) is 0 Å². The minimum absolute atomic E-state index is 0.823. The van der Waals surface area contributed by atoms with Crippen LogP contribution in [0.25, 0.3) is 0 Å². The van der Waals surface area contributed by atoms with Crippen LogP contribution in [-0.2, 0) is 0 Å². The zero-order chi connectivity index (χ0) is 4.99. The molecule has 34 valence electrons. The van der Waals surface area contributed by atoms with E-state index in [1.54, 1.807) is 0 Å². The Labute approximate surface area is 39.9 Å². The molecule has 0 aliphatic heterocycles. The molecule has 6 heavy (non-hydrogen) atoms. The second-order valence-electron chi connectivity index (χ2n) is 1.25. The highest BCUT2D eigenvalue weighted by Crippen LogP contribution is 1.97. The van der Waals surface area contributed by atoms with Crippen LogP contribution in [0.3, 0.4) is 0 Å². The molecule has 0 bridgehead atoms. The van der Waals surface area contributed by atoms with Gasteiger partial charge in [0.05, 0.1) is 6.92 Å². The van der Waals surface area contributed by atoms with E-state index in [4.69, 9.17) is 0 Å². The lowest BCUT2D eigenvalue weighted by Gasteiger charge is -1.90. The summed E-state index contributed by atoms with van der Waals surface area (Å²) in [5, 5.41) is 0. The van der Waals surface area contributed by atoms with Crippen LogP contribution < -0.4 is 0 Å². The molecule has 0 spiro atoms. The average molecular weight is 82.1 g/mol. The predicted octanol–water partition coefficient (Wildman–Crippen LogP) is 1.99. The van der Waals surface area contributed by atoms with E-state index in [1.165, 1.54) is 0 Å². The summed E-state index contributed by atoms with van der Waals surface area (Å²) in [6.07, 6.45) is 1.65. The van der Waals surface area contributed by atoms with Crippen molar-refractivity contribution in [1.29, 1.82) is 0 Å². The third-order valence-electron chi connectivity index (χ3n) is 0.707. The van der Waals surface area contributed by atoms with Gasteiger partial charge in [0.2, 0.25) is 0 Å². The highest BCUT2D eigenvalue weighted by molar-refractivity contribution is 4.95. The van der Waals surface area contributed by atoms with Gasteiger partial charge in [0.1, 0.15) is 6.42 Å². The fourth-order valence-electron chi connectivity index (χ4n) is 0.125. The highest BCUT2D eigenvalue weighted by Gasteiger charge is 1.79. The lowest BCUT2D eigenvalue weighted by atomic mass is 10.2. The van der Waals surface area contributed by atoms with Gasteiger partial charge in [0, 0.05) is 0 Å². The third-order valence-corrected chi connectivity index (χ3v) is 0.707. The first-order valence-electron chi connectivity index (χ1n) is 2.06. The van der Waals surface area contributed by atoms with Gasteiger partial charge in [-0.15, -0.1) is 0 Å². The van der Waals surface area contributed by atoms with Crippen molar-refractivity contribution in [2.75, 3.05) is 0 Å². The molecule has 0 unspecified atom stereocenters. The Hall–Kier alpha value is -0.390. The Bertz CT molecular complexity index is 38.0. The Kier molecular flexibility index (Phi) is 2.64. The molecule has 0 aliphatic carbocycles. The van der Waals surface area contributed by atoms with Crippen molar-refractivity contribution >= 4 is 0 Å². The molecule has 0 saturated heterocycles. The van der Waals surface area contributed by atoms with E-state index < -0.39 is 0 Å². The van der Waals surface area contributed by atoms with E-state index in [9.17, 15) is 0 Å². The molecule has 0 N–H and O–H groups in total. The van der Waals surface area contributed by atoms with E-state index in [0.717, 1.165) is 18.4 Å². The molecule has 0 aromatic heterocycles. The van der Waals surface area contributed by atoms with Crippen LogP contribution in [0.2, 0.25) is 0 Å². The summed E-state index contributed by atoms with van der Waals surface area (Å²) in [5.74, 6) is 0. The van der Waals surface area contributed by atoms with Gasteiger partial charge >= 0.3 is 0 Å². The first-order valence-corrected chi connectivity index (χ1v) is 2.06. The summed E-state index contributed by atoms with van der Waals surface area (Å²) >= 11 is 0. The molecule has 0 rings (SSSR count). The van der Waals surface area contributed by atoms with E-state index in [1.807, 2.05) is 0 Å². The standard InChI is InChI=1S/C6H10/c1-4-6(3)5-2/h1-5H2. The number of rotatable bonds is 2. The summed E-state index contributed by atoms with van der Waals surface area (Å²) in [6, 6.07) is 0. The lowest BCUT2D eigenvalue weighted by molar-refractivity contribution is 1.12. The summed E-state index contributed by atoms with van der Waals surface area (Å²) in [6.45, 7) is 10.9. The van der Waals surface area contributed by atoms with Crippen LogP contribution in [-0.4, -0.2) is 0 Å². The molecule has 0 fully saturated rings. The first kappa shape index (κ1) is 5.61. The average Bonchev–Trinajstić information content (AvgIpc) is 1.65. The van der Waals surface area contributed by atoms with Crippen molar-refractivity contribution in [1.82, 2.24) is 0 Å². The van der Waals surface area contributed by atoms with Crippen LogP contribution >= 0.6 is 0 Å². The Morgan fingerprint density at radius 2 is 2.33 bits per heavy atom. The van der Waals surface area contributed by atoms with Crippen LogP contribution in [0.1, 0.15) is 12.8 Å². The number of hydrogen-bond donors (Lipinski definition) is 0. The van der Waals surface area contributed by atoms with E-state index >= 15 is 0 Å². The monoisotopic (exact) mass is 82.1 g/mol. The van der Waals surface area contributed by atoms with Crippen LogP contribution in [0.4, 0.5) is 0 Å². The molecule has 0 aromatic rings. The lowest BCUT2D eigenvalue weighted by Crippen LogP contribution is -1.69. The summed E-state index contributed by atoms with van der Waals surface area (Å²) in [4.78, 5) is 0. The Balaban J connectivity index is 2.99. The van der Waals surface area contributed by atoms with Gasteiger partial charge in [-0.25, -0.2) is 0 Å². The van der Waals surface area contributed by atoms with Gasteiger partial charge in [0.15, 0.2) is 0 Å². The van der Waals surface area contributed by atoms with Crippen molar-refractivity contribution in [3.05, 3.63) is 26.0 Å². The maximum Gasteiger partial charge on any atom is 0.103 e. The number of hydrogen-bond acceptors (Lipinski definition) is 0.